The summed E-state index contributed by atoms with van der Waals surface area (Å²) in [4.78, 5) is 15.1. The monoisotopic (exact) mass is 338 g/mol. The van der Waals surface area contributed by atoms with Crippen LogP contribution in [-0.4, -0.2) is 28.7 Å². The summed E-state index contributed by atoms with van der Waals surface area (Å²) in [5.41, 5.74) is 0.943. The first-order chi connectivity index (χ1) is 12.2. The van der Waals surface area contributed by atoms with Gasteiger partial charge in [-0.15, -0.1) is 0 Å². The van der Waals surface area contributed by atoms with E-state index in [1.807, 2.05) is 0 Å². The minimum absolute atomic E-state index is 0.0373. The van der Waals surface area contributed by atoms with Crippen LogP contribution in [0.3, 0.4) is 0 Å². The third kappa shape index (κ3) is 2.89. The molecule has 0 amide bonds. The summed E-state index contributed by atoms with van der Waals surface area (Å²) in [6.07, 6.45) is 4.66. The summed E-state index contributed by atoms with van der Waals surface area (Å²) in [5, 5.41) is 24.4. The summed E-state index contributed by atoms with van der Waals surface area (Å²) < 4.78 is 5.80. The van der Waals surface area contributed by atoms with Crippen LogP contribution in [0.25, 0.3) is 10.9 Å². The van der Waals surface area contributed by atoms with Crippen LogP contribution in [0.1, 0.15) is 31.2 Å². The average molecular weight is 338 g/mol. The van der Waals surface area contributed by atoms with Gasteiger partial charge < -0.3 is 10.1 Å². The number of nitro benzene ring substituents is 1. The highest BCUT2D eigenvalue weighted by Gasteiger charge is 2.37. The van der Waals surface area contributed by atoms with Crippen LogP contribution in [0, 0.1) is 27.4 Å². The van der Waals surface area contributed by atoms with Gasteiger partial charge in [0.25, 0.3) is 5.69 Å². The van der Waals surface area contributed by atoms with Crippen molar-refractivity contribution in [1.29, 1.82) is 5.26 Å². The Kier molecular flexibility index (Phi) is 3.98. The normalized spacial score (nSPS) is 25.3. The van der Waals surface area contributed by atoms with Gasteiger partial charge >= 0.3 is 0 Å². The van der Waals surface area contributed by atoms with Crippen LogP contribution in [0.15, 0.2) is 24.3 Å². The molecule has 0 bridgehead atoms. The second kappa shape index (κ2) is 6.30. The van der Waals surface area contributed by atoms with Crippen molar-refractivity contribution in [3.05, 3.63) is 39.9 Å². The van der Waals surface area contributed by atoms with Gasteiger partial charge in [0.1, 0.15) is 5.82 Å². The number of hydrogen-bond donors (Lipinski definition) is 1. The van der Waals surface area contributed by atoms with Crippen LogP contribution in [0.5, 0.6) is 0 Å². The lowest BCUT2D eigenvalue weighted by molar-refractivity contribution is -0.384. The van der Waals surface area contributed by atoms with Crippen LogP contribution in [0.4, 0.5) is 11.5 Å². The van der Waals surface area contributed by atoms with Crippen molar-refractivity contribution in [2.75, 3.05) is 11.9 Å². The SMILES string of the molecule is N#Cc1cc(NC2CCCC3OCCC23)nc2ccc([N+](=O)[O-])cc12. The highest BCUT2D eigenvalue weighted by Crippen LogP contribution is 2.36. The minimum atomic E-state index is -0.463. The molecule has 3 unspecified atom stereocenters. The molecule has 1 saturated heterocycles. The Morgan fingerprint density at radius 3 is 3.00 bits per heavy atom. The van der Waals surface area contributed by atoms with Crippen LogP contribution in [-0.2, 0) is 4.74 Å². The first-order valence-electron chi connectivity index (χ1n) is 8.53. The zero-order valence-electron chi connectivity index (χ0n) is 13.6. The fourth-order valence-corrected chi connectivity index (χ4v) is 4.04. The molecule has 4 rings (SSSR count). The van der Waals surface area contributed by atoms with Gasteiger partial charge in [-0.2, -0.15) is 5.26 Å². The highest BCUT2D eigenvalue weighted by molar-refractivity contribution is 5.88. The molecule has 2 aromatic rings. The van der Waals surface area contributed by atoms with E-state index < -0.39 is 4.92 Å². The minimum Gasteiger partial charge on any atom is -0.378 e. The van der Waals surface area contributed by atoms with E-state index in [9.17, 15) is 15.4 Å². The molecule has 1 N–H and O–H groups in total. The molecule has 0 radical (unpaired) electrons. The van der Waals surface area contributed by atoms with Gasteiger partial charge in [-0.25, -0.2) is 4.98 Å². The van der Waals surface area contributed by atoms with E-state index in [1.54, 1.807) is 12.1 Å². The van der Waals surface area contributed by atoms with Crippen molar-refractivity contribution in [1.82, 2.24) is 4.98 Å². The molecule has 3 atom stereocenters. The van der Waals surface area contributed by atoms with Crippen LogP contribution in [0.2, 0.25) is 0 Å². The third-order valence-electron chi connectivity index (χ3n) is 5.24. The summed E-state index contributed by atoms with van der Waals surface area (Å²) >= 11 is 0. The van der Waals surface area contributed by atoms with Crippen molar-refractivity contribution >= 4 is 22.4 Å². The average Bonchev–Trinajstić information content (AvgIpc) is 3.10. The fraction of sp³-hybridized carbons (Fsp3) is 0.444. The topological polar surface area (TPSA) is 101 Å². The Labute approximate surface area is 144 Å². The molecule has 7 nitrogen and oxygen atoms in total. The molecule has 25 heavy (non-hydrogen) atoms. The zero-order valence-corrected chi connectivity index (χ0v) is 13.6. The smallest absolute Gasteiger partial charge is 0.270 e. The van der Waals surface area contributed by atoms with E-state index in [-0.39, 0.29) is 11.7 Å². The Balaban J connectivity index is 1.67. The van der Waals surface area contributed by atoms with E-state index in [4.69, 9.17) is 4.74 Å². The van der Waals surface area contributed by atoms with Crippen LogP contribution >= 0.6 is 0 Å². The molecular formula is C18H18N4O3. The van der Waals surface area contributed by atoms with E-state index in [0.29, 0.717) is 34.3 Å². The number of benzene rings is 1. The number of pyridine rings is 1. The Morgan fingerprint density at radius 1 is 1.32 bits per heavy atom. The van der Waals surface area contributed by atoms with Crippen molar-refractivity contribution in [3.8, 4) is 6.07 Å². The lowest BCUT2D eigenvalue weighted by Crippen LogP contribution is -2.38. The lowest BCUT2D eigenvalue weighted by Gasteiger charge is -2.33. The molecule has 0 spiro atoms. The number of fused-ring (bicyclic) bond motifs is 2. The highest BCUT2D eigenvalue weighted by atomic mass is 16.6. The Bertz CT molecular complexity index is 876. The molecule has 1 aliphatic carbocycles. The van der Waals surface area contributed by atoms with E-state index in [1.165, 1.54) is 12.1 Å². The molecule has 2 fully saturated rings. The fourth-order valence-electron chi connectivity index (χ4n) is 4.04. The number of rotatable bonds is 3. The number of anilines is 1. The van der Waals surface area contributed by atoms with Crippen molar-refractivity contribution in [3.63, 3.8) is 0 Å². The Hall–Kier alpha value is -2.72. The van der Waals surface area contributed by atoms with Gasteiger partial charge in [-0.05, 0) is 37.8 Å². The first kappa shape index (κ1) is 15.8. The number of nitro groups is 1. The largest absolute Gasteiger partial charge is 0.378 e. The summed E-state index contributed by atoms with van der Waals surface area (Å²) in [6, 6.07) is 8.53. The molecular weight excluding hydrogens is 320 g/mol. The maximum absolute atomic E-state index is 11.0. The first-order valence-corrected chi connectivity index (χ1v) is 8.53. The van der Waals surface area contributed by atoms with Gasteiger partial charge in [0.2, 0.25) is 0 Å². The number of nitrogens with zero attached hydrogens (tertiary/aromatic N) is 3. The molecule has 2 heterocycles. The molecule has 128 valence electrons. The lowest BCUT2D eigenvalue weighted by atomic mass is 9.82. The van der Waals surface area contributed by atoms with Crippen molar-refractivity contribution in [2.45, 2.75) is 37.8 Å². The molecule has 7 heteroatoms. The number of aromatic nitrogens is 1. The second-order valence-electron chi connectivity index (χ2n) is 6.67. The standard InChI is InChI=1S/C18H18N4O3/c19-10-11-8-18(20-15-2-1-3-17-13(15)6-7-25-17)21-16-5-4-12(22(23)24)9-14(11)16/h4-5,8-9,13,15,17H,1-3,6-7H2,(H,20,21). The number of hydrogen-bond acceptors (Lipinski definition) is 6. The van der Waals surface area contributed by atoms with Gasteiger partial charge in [0.15, 0.2) is 0 Å². The number of ether oxygens (including phenoxy) is 1. The molecule has 1 aromatic heterocycles. The maximum atomic E-state index is 11.0. The van der Waals surface area contributed by atoms with Gasteiger partial charge in [-0.3, -0.25) is 10.1 Å². The van der Waals surface area contributed by atoms with Gasteiger partial charge in [0.05, 0.1) is 28.2 Å². The van der Waals surface area contributed by atoms with Gasteiger partial charge in [-0.1, -0.05) is 0 Å². The zero-order chi connectivity index (χ0) is 17.4. The molecule has 2 aliphatic rings. The quantitative estimate of drug-likeness (QED) is 0.680. The van der Waals surface area contributed by atoms with E-state index >= 15 is 0 Å². The summed E-state index contributed by atoms with van der Waals surface area (Å²) in [5.74, 6) is 1.13. The molecule has 1 aliphatic heterocycles. The van der Waals surface area contributed by atoms with E-state index in [0.717, 1.165) is 32.3 Å². The van der Waals surface area contributed by atoms with Crippen molar-refractivity contribution in [2.24, 2.45) is 5.92 Å². The molecule has 1 aromatic carbocycles. The predicted octanol–water partition coefficient (Wildman–Crippen LogP) is 3.38. The maximum Gasteiger partial charge on any atom is 0.270 e. The molecule has 1 saturated carbocycles. The van der Waals surface area contributed by atoms with Crippen molar-refractivity contribution < 1.29 is 9.66 Å². The number of nitriles is 1. The third-order valence-corrected chi connectivity index (χ3v) is 5.24. The number of nitrogens with one attached hydrogen (secondary N) is 1. The van der Waals surface area contributed by atoms with Gasteiger partial charge in [0, 0.05) is 36.1 Å². The Morgan fingerprint density at radius 2 is 2.20 bits per heavy atom. The predicted molar refractivity (Wildman–Crippen MR) is 92.2 cm³/mol. The summed E-state index contributed by atoms with van der Waals surface area (Å²) in [6.45, 7) is 0.811. The summed E-state index contributed by atoms with van der Waals surface area (Å²) in [7, 11) is 0. The van der Waals surface area contributed by atoms with E-state index in [2.05, 4.69) is 16.4 Å². The second-order valence-corrected chi connectivity index (χ2v) is 6.67. The number of non-ortho nitro benzene ring substituents is 1. The van der Waals surface area contributed by atoms with Crippen LogP contribution < -0.4 is 5.32 Å².